The van der Waals surface area contributed by atoms with Crippen molar-refractivity contribution >= 4 is 33.2 Å². The minimum atomic E-state index is -4.14. The van der Waals surface area contributed by atoms with Gasteiger partial charge in [-0.3, -0.25) is 0 Å². The second-order valence-electron chi connectivity index (χ2n) is 7.56. The third-order valence-corrected chi connectivity index (χ3v) is 7.52. The Labute approximate surface area is 203 Å². The van der Waals surface area contributed by atoms with Gasteiger partial charge in [-0.05, 0) is 40.5 Å². The SMILES string of the molecule is O=S(=O)(c1cc(Cl)cc(Cl)c1O)N(Cc1ccccc1)Cc1cccc(-c2ccccc2)c1. The summed E-state index contributed by atoms with van der Waals surface area (Å²) in [6.45, 7) is 0.212. The number of nitrogens with zero attached hydrogens (tertiary/aromatic N) is 1. The first-order chi connectivity index (χ1) is 15.8. The molecule has 0 radical (unpaired) electrons. The van der Waals surface area contributed by atoms with Gasteiger partial charge in [-0.15, -0.1) is 0 Å². The van der Waals surface area contributed by atoms with Gasteiger partial charge < -0.3 is 5.11 Å². The van der Waals surface area contributed by atoms with E-state index in [1.54, 1.807) is 0 Å². The third kappa shape index (κ3) is 5.40. The second-order valence-corrected chi connectivity index (χ2v) is 10.3. The van der Waals surface area contributed by atoms with Gasteiger partial charge in [-0.1, -0.05) is 102 Å². The summed E-state index contributed by atoms with van der Waals surface area (Å²) in [5.74, 6) is -0.517. The molecule has 0 aliphatic rings. The highest BCUT2D eigenvalue weighted by molar-refractivity contribution is 7.89. The summed E-state index contributed by atoms with van der Waals surface area (Å²) < 4.78 is 28.7. The van der Waals surface area contributed by atoms with Gasteiger partial charge in [0, 0.05) is 18.1 Å². The normalized spacial score (nSPS) is 11.6. The predicted octanol–water partition coefficient (Wildman–Crippen LogP) is 6.76. The van der Waals surface area contributed by atoms with Gasteiger partial charge in [0.1, 0.15) is 4.90 Å². The van der Waals surface area contributed by atoms with Crippen molar-refractivity contribution in [3.8, 4) is 16.9 Å². The zero-order valence-corrected chi connectivity index (χ0v) is 19.9. The number of sulfonamides is 1. The van der Waals surface area contributed by atoms with E-state index in [-0.39, 0.29) is 28.0 Å². The van der Waals surface area contributed by atoms with Crippen LogP contribution in [0.1, 0.15) is 11.1 Å². The van der Waals surface area contributed by atoms with Crippen molar-refractivity contribution < 1.29 is 13.5 Å². The highest BCUT2D eigenvalue weighted by atomic mass is 35.5. The molecule has 0 spiro atoms. The Balaban J connectivity index is 1.75. The van der Waals surface area contributed by atoms with E-state index in [1.807, 2.05) is 84.9 Å². The number of benzene rings is 4. The quantitative estimate of drug-likeness (QED) is 0.306. The lowest BCUT2D eigenvalue weighted by Crippen LogP contribution is -2.30. The van der Waals surface area contributed by atoms with Crippen LogP contribution in [0.2, 0.25) is 10.0 Å². The maximum Gasteiger partial charge on any atom is 0.247 e. The first-order valence-corrected chi connectivity index (χ1v) is 12.4. The maximum atomic E-state index is 13.7. The molecule has 0 aliphatic heterocycles. The number of hydrogen-bond acceptors (Lipinski definition) is 3. The molecule has 168 valence electrons. The second kappa shape index (κ2) is 9.98. The minimum absolute atomic E-state index is 0.0987. The van der Waals surface area contributed by atoms with Gasteiger partial charge in [0.15, 0.2) is 5.75 Å². The van der Waals surface area contributed by atoms with E-state index in [1.165, 1.54) is 16.4 Å². The van der Waals surface area contributed by atoms with Gasteiger partial charge >= 0.3 is 0 Å². The van der Waals surface area contributed by atoms with Crippen LogP contribution in [-0.4, -0.2) is 17.8 Å². The summed E-state index contributed by atoms with van der Waals surface area (Å²) in [6, 6.07) is 29.4. The fraction of sp³-hybridized carbons (Fsp3) is 0.0769. The molecule has 0 saturated heterocycles. The average Bonchev–Trinajstić information content (AvgIpc) is 2.82. The molecule has 0 aromatic heterocycles. The van der Waals surface area contributed by atoms with Crippen LogP contribution in [-0.2, 0) is 23.1 Å². The van der Waals surface area contributed by atoms with Crippen molar-refractivity contribution in [2.24, 2.45) is 0 Å². The lowest BCUT2D eigenvalue weighted by atomic mass is 10.0. The third-order valence-electron chi connectivity index (χ3n) is 5.21. The van der Waals surface area contributed by atoms with Crippen molar-refractivity contribution in [3.63, 3.8) is 0 Å². The van der Waals surface area contributed by atoms with E-state index in [0.717, 1.165) is 22.3 Å². The van der Waals surface area contributed by atoms with Crippen molar-refractivity contribution in [3.05, 3.63) is 118 Å². The van der Waals surface area contributed by atoms with Crippen LogP contribution in [0, 0.1) is 0 Å². The Kier molecular flexibility index (Phi) is 7.05. The van der Waals surface area contributed by atoms with Crippen molar-refractivity contribution in [2.75, 3.05) is 0 Å². The van der Waals surface area contributed by atoms with Crippen LogP contribution in [0.3, 0.4) is 0 Å². The number of hydrogen-bond donors (Lipinski definition) is 1. The first-order valence-electron chi connectivity index (χ1n) is 10.2. The molecule has 4 aromatic carbocycles. The molecule has 1 N–H and O–H groups in total. The van der Waals surface area contributed by atoms with Crippen LogP contribution in [0.4, 0.5) is 0 Å². The molecule has 7 heteroatoms. The average molecular weight is 498 g/mol. The summed E-state index contributed by atoms with van der Waals surface area (Å²) >= 11 is 12.1. The molecule has 4 aromatic rings. The summed E-state index contributed by atoms with van der Waals surface area (Å²) in [5.41, 5.74) is 3.64. The monoisotopic (exact) mass is 497 g/mol. The molecule has 0 atom stereocenters. The van der Waals surface area contributed by atoms with Gasteiger partial charge in [0.05, 0.1) is 5.02 Å². The van der Waals surface area contributed by atoms with Crippen molar-refractivity contribution in [2.45, 2.75) is 18.0 Å². The molecule has 0 fully saturated rings. The molecule has 0 amide bonds. The maximum absolute atomic E-state index is 13.7. The minimum Gasteiger partial charge on any atom is -0.505 e. The summed E-state index contributed by atoms with van der Waals surface area (Å²) in [7, 11) is -4.14. The molecule has 4 rings (SSSR count). The molecule has 33 heavy (non-hydrogen) atoms. The van der Waals surface area contributed by atoms with Gasteiger partial charge in [0.25, 0.3) is 0 Å². The first kappa shape index (κ1) is 23.3. The zero-order chi connectivity index (χ0) is 23.4. The van der Waals surface area contributed by atoms with Gasteiger partial charge in [-0.2, -0.15) is 4.31 Å². The van der Waals surface area contributed by atoms with E-state index < -0.39 is 15.8 Å². The Morgan fingerprint density at radius 2 is 1.27 bits per heavy atom. The van der Waals surface area contributed by atoms with Crippen LogP contribution >= 0.6 is 23.2 Å². The van der Waals surface area contributed by atoms with Crippen molar-refractivity contribution in [1.29, 1.82) is 0 Å². The highest BCUT2D eigenvalue weighted by Gasteiger charge is 2.29. The molecule has 0 unspecified atom stereocenters. The van der Waals surface area contributed by atoms with Crippen LogP contribution in [0.25, 0.3) is 11.1 Å². The molecule has 0 aliphatic carbocycles. The van der Waals surface area contributed by atoms with Crippen LogP contribution < -0.4 is 0 Å². The van der Waals surface area contributed by atoms with E-state index in [0.29, 0.717) is 0 Å². The smallest absolute Gasteiger partial charge is 0.247 e. The fourth-order valence-electron chi connectivity index (χ4n) is 3.57. The lowest BCUT2D eigenvalue weighted by Gasteiger charge is -2.23. The lowest BCUT2D eigenvalue weighted by molar-refractivity contribution is 0.394. The Hall–Kier alpha value is -2.83. The molecule has 0 heterocycles. The predicted molar refractivity (Wildman–Crippen MR) is 133 cm³/mol. The summed E-state index contributed by atoms with van der Waals surface area (Å²) in [5, 5.41) is 10.4. The number of aromatic hydroxyl groups is 1. The van der Waals surface area contributed by atoms with Crippen LogP contribution in [0.15, 0.2) is 102 Å². The molecular formula is C26H21Cl2NO3S. The Morgan fingerprint density at radius 1 is 0.697 bits per heavy atom. The van der Waals surface area contributed by atoms with Crippen LogP contribution in [0.5, 0.6) is 5.75 Å². The topological polar surface area (TPSA) is 57.6 Å². The van der Waals surface area contributed by atoms with E-state index in [9.17, 15) is 13.5 Å². The standard InChI is InChI=1S/C26H21Cl2NO3S/c27-23-15-24(28)26(30)25(16-23)33(31,32)29(17-19-8-3-1-4-9-19)18-20-10-7-13-22(14-20)21-11-5-2-6-12-21/h1-16,30H,17-18H2. The molecular weight excluding hydrogens is 477 g/mol. The van der Waals surface area contributed by atoms with E-state index in [2.05, 4.69) is 0 Å². The Morgan fingerprint density at radius 3 is 1.97 bits per heavy atom. The molecule has 4 nitrogen and oxygen atoms in total. The molecule has 0 bridgehead atoms. The molecule has 0 saturated carbocycles. The number of phenols is 1. The van der Waals surface area contributed by atoms with Gasteiger partial charge in [-0.25, -0.2) is 8.42 Å². The zero-order valence-electron chi connectivity index (χ0n) is 17.5. The highest BCUT2D eigenvalue weighted by Crippen LogP contribution is 2.36. The Bertz CT molecular complexity index is 1360. The van der Waals surface area contributed by atoms with E-state index >= 15 is 0 Å². The number of rotatable bonds is 7. The summed E-state index contributed by atoms with van der Waals surface area (Å²) in [4.78, 5) is -0.324. The number of phenolic OH excluding ortho intramolecular Hbond substituents is 1. The van der Waals surface area contributed by atoms with E-state index in [4.69, 9.17) is 23.2 Å². The largest absolute Gasteiger partial charge is 0.505 e. The van der Waals surface area contributed by atoms with Crippen molar-refractivity contribution in [1.82, 2.24) is 4.31 Å². The fourth-order valence-corrected chi connectivity index (χ4v) is 5.74. The van der Waals surface area contributed by atoms with Gasteiger partial charge in [0.2, 0.25) is 10.0 Å². The summed E-state index contributed by atoms with van der Waals surface area (Å²) in [6.07, 6.45) is 0. The number of halogens is 2.